The fourth-order valence-corrected chi connectivity index (χ4v) is 2.94. The highest BCUT2D eigenvalue weighted by molar-refractivity contribution is 7.12. The number of nitrogens with one attached hydrogen (secondary N) is 1. The van der Waals surface area contributed by atoms with Gasteiger partial charge in [-0.2, -0.15) is 0 Å². The first-order valence-corrected chi connectivity index (χ1v) is 7.22. The molecule has 0 aliphatic heterocycles. The van der Waals surface area contributed by atoms with Crippen molar-refractivity contribution in [2.24, 2.45) is 0 Å². The van der Waals surface area contributed by atoms with Gasteiger partial charge in [-0.15, -0.1) is 11.3 Å². The number of rotatable bonds is 4. The molecule has 0 bridgehead atoms. The van der Waals surface area contributed by atoms with E-state index in [0.29, 0.717) is 10.6 Å². The minimum atomic E-state index is -1.16. The number of amides is 1. The van der Waals surface area contributed by atoms with Gasteiger partial charge in [0.2, 0.25) is 0 Å². The van der Waals surface area contributed by atoms with E-state index in [9.17, 15) is 9.59 Å². The minimum absolute atomic E-state index is 0.0452. The molecule has 110 valence electrons. The Morgan fingerprint density at radius 3 is 2.43 bits per heavy atom. The zero-order chi connectivity index (χ0) is 15.6. The van der Waals surface area contributed by atoms with Crippen LogP contribution in [0.4, 0.5) is 5.69 Å². The third-order valence-electron chi connectivity index (χ3n) is 2.58. The largest absolute Gasteiger partial charge is 0.495 e. The van der Waals surface area contributed by atoms with Gasteiger partial charge < -0.3 is 15.2 Å². The van der Waals surface area contributed by atoms with Crippen molar-refractivity contribution in [2.45, 2.75) is 0 Å². The number of anilines is 1. The molecule has 8 heteroatoms. The number of halogens is 2. The second-order valence-electron chi connectivity index (χ2n) is 3.89. The van der Waals surface area contributed by atoms with Crippen LogP contribution in [-0.2, 0) is 0 Å². The minimum Gasteiger partial charge on any atom is -0.495 e. The van der Waals surface area contributed by atoms with Gasteiger partial charge in [-0.3, -0.25) is 4.79 Å². The van der Waals surface area contributed by atoms with Crippen molar-refractivity contribution in [3.8, 4) is 5.75 Å². The van der Waals surface area contributed by atoms with Gasteiger partial charge in [-0.05, 0) is 23.6 Å². The highest BCUT2D eigenvalue weighted by atomic mass is 35.5. The predicted octanol–water partition coefficient (Wildman–Crippen LogP) is 4.01. The summed E-state index contributed by atoms with van der Waals surface area (Å²) in [4.78, 5) is 23.4. The molecule has 0 radical (unpaired) electrons. The number of thiophene rings is 1. The molecule has 0 saturated heterocycles. The second kappa shape index (κ2) is 6.34. The van der Waals surface area contributed by atoms with Crippen LogP contribution in [0.25, 0.3) is 0 Å². The maximum absolute atomic E-state index is 12.2. The maximum atomic E-state index is 12.2. The third kappa shape index (κ3) is 3.29. The van der Waals surface area contributed by atoms with Crippen molar-refractivity contribution in [1.82, 2.24) is 0 Å². The molecular formula is C13H9Cl2NO4S. The first-order valence-electron chi connectivity index (χ1n) is 5.59. The van der Waals surface area contributed by atoms with E-state index in [-0.39, 0.29) is 21.3 Å². The number of carbonyl (C=O) groups excluding carboxylic acids is 1. The molecule has 0 fully saturated rings. The Morgan fingerprint density at radius 2 is 1.90 bits per heavy atom. The van der Waals surface area contributed by atoms with Crippen LogP contribution in [0, 0.1) is 0 Å². The summed E-state index contributed by atoms with van der Waals surface area (Å²) in [7, 11) is 1.46. The second-order valence-corrected chi connectivity index (χ2v) is 5.62. The molecule has 0 unspecified atom stereocenters. The summed E-state index contributed by atoms with van der Waals surface area (Å²) >= 11 is 13.1. The zero-order valence-corrected chi connectivity index (χ0v) is 13.0. The molecule has 21 heavy (non-hydrogen) atoms. The first kappa shape index (κ1) is 15.6. The van der Waals surface area contributed by atoms with Gasteiger partial charge in [-0.1, -0.05) is 23.2 Å². The third-order valence-corrected chi connectivity index (χ3v) is 4.07. The van der Waals surface area contributed by atoms with Crippen LogP contribution >= 0.6 is 34.5 Å². The van der Waals surface area contributed by atoms with Crippen LogP contribution in [0.2, 0.25) is 10.0 Å². The number of benzene rings is 1. The molecule has 2 N–H and O–H groups in total. The van der Waals surface area contributed by atoms with Crippen molar-refractivity contribution in [1.29, 1.82) is 0 Å². The van der Waals surface area contributed by atoms with E-state index < -0.39 is 11.9 Å². The summed E-state index contributed by atoms with van der Waals surface area (Å²) in [6.07, 6.45) is 0. The van der Waals surface area contributed by atoms with E-state index >= 15 is 0 Å². The Balaban J connectivity index is 2.32. The summed E-state index contributed by atoms with van der Waals surface area (Å²) in [5.41, 5.74) is 0.0977. The van der Waals surface area contributed by atoms with Gasteiger partial charge in [0, 0.05) is 0 Å². The molecule has 1 heterocycles. The Hall–Kier alpha value is -1.76. The molecule has 0 aliphatic carbocycles. The molecule has 5 nitrogen and oxygen atoms in total. The van der Waals surface area contributed by atoms with Crippen molar-refractivity contribution in [3.05, 3.63) is 44.1 Å². The molecule has 1 aromatic carbocycles. The van der Waals surface area contributed by atoms with Gasteiger partial charge in [0.15, 0.2) is 0 Å². The Morgan fingerprint density at radius 1 is 1.29 bits per heavy atom. The van der Waals surface area contributed by atoms with E-state index in [4.69, 9.17) is 33.0 Å². The summed E-state index contributed by atoms with van der Waals surface area (Å²) in [5, 5.41) is 13.3. The lowest BCUT2D eigenvalue weighted by atomic mass is 10.2. The monoisotopic (exact) mass is 345 g/mol. The van der Waals surface area contributed by atoms with E-state index in [1.165, 1.54) is 30.6 Å². The number of methoxy groups -OCH3 is 1. The summed E-state index contributed by atoms with van der Waals surface area (Å²) in [5.74, 6) is -1.16. The number of carboxylic acids is 1. The van der Waals surface area contributed by atoms with E-state index in [1.807, 2.05) is 0 Å². The van der Waals surface area contributed by atoms with E-state index in [2.05, 4.69) is 5.32 Å². The summed E-state index contributed by atoms with van der Waals surface area (Å²) in [6.45, 7) is 0. The number of ether oxygens (including phenoxy) is 1. The zero-order valence-electron chi connectivity index (χ0n) is 10.6. The Bertz CT molecular complexity index is 691. The number of carbonyl (C=O) groups is 2. The molecule has 2 aromatic rings. The van der Waals surface area contributed by atoms with Gasteiger partial charge in [0.1, 0.15) is 10.6 Å². The Labute approximate surface area is 134 Å². The van der Waals surface area contributed by atoms with Crippen molar-refractivity contribution in [3.63, 3.8) is 0 Å². The lowest BCUT2D eigenvalue weighted by Gasteiger charge is -2.10. The SMILES string of the molecule is COc1ccsc1C(=O)Nc1c(Cl)cc(C(=O)O)cc1Cl. The van der Waals surface area contributed by atoms with Gasteiger partial charge in [0.25, 0.3) is 5.91 Å². The smallest absolute Gasteiger partial charge is 0.335 e. The molecule has 2 rings (SSSR count). The highest BCUT2D eigenvalue weighted by Gasteiger charge is 2.18. The first-order chi connectivity index (χ1) is 9.93. The van der Waals surface area contributed by atoms with Crippen molar-refractivity contribution >= 4 is 52.1 Å². The van der Waals surface area contributed by atoms with Crippen LogP contribution in [-0.4, -0.2) is 24.1 Å². The fourth-order valence-electron chi connectivity index (χ4n) is 1.61. The molecule has 0 atom stereocenters. The van der Waals surface area contributed by atoms with Crippen LogP contribution in [0.15, 0.2) is 23.6 Å². The van der Waals surface area contributed by atoms with E-state index in [1.54, 1.807) is 11.4 Å². The van der Waals surface area contributed by atoms with Crippen molar-refractivity contribution in [2.75, 3.05) is 12.4 Å². The number of carboxylic acid groups (broad SMARTS) is 1. The predicted molar refractivity (Wildman–Crippen MR) is 82.2 cm³/mol. The van der Waals surface area contributed by atoms with Crippen LogP contribution in [0.5, 0.6) is 5.75 Å². The lowest BCUT2D eigenvalue weighted by Crippen LogP contribution is -2.12. The standard InChI is InChI=1S/C13H9Cl2NO4S/c1-20-9-2-3-21-11(9)12(17)16-10-7(14)4-6(13(18)19)5-8(10)15/h2-5H,1H3,(H,16,17)(H,18,19). The number of hydrogen-bond donors (Lipinski definition) is 2. The highest BCUT2D eigenvalue weighted by Crippen LogP contribution is 2.33. The molecule has 1 aromatic heterocycles. The number of aromatic carboxylic acids is 1. The van der Waals surface area contributed by atoms with Crippen LogP contribution in [0.1, 0.15) is 20.0 Å². The average Bonchev–Trinajstić information content (AvgIpc) is 2.90. The fraction of sp³-hybridized carbons (Fsp3) is 0.0769. The molecular weight excluding hydrogens is 337 g/mol. The van der Waals surface area contributed by atoms with E-state index in [0.717, 1.165) is 0 Å². The molecule has 0 spiro atoms. The molecule has 1 amide bonds. The number of hydrogen-bond acceptors (Lipinski definition) is 4. The maximum Gasteiger partial charge on any atom is 0.335 e. The van der Waals surface area contributed by atoms with Gasteiger partial charge >= 0.3 is 5.97 Å². The van der Waals surface area contributed by atoms with Crippen LogP contribution < -0.4 is 10.1 Å². The van der Waals surface area contributed by atoms with Gasteiger partial charge in [0.05, 0.1) is 28.4 Å². The lowest BCUT2D eigenvalue weighted by molar-refractivity contribution is 0.0696. The van der Waals surface area contributed by atoms with Crippen LogP contribution in [0.3, 0.4) is 0 Å². The summed E-state index contributed by atoms with van der Waals surface area (Å²) in [6, 6.07) is 4.10. The average molecular weight is 346 g/mol. The molecule has 0 saturated carbocycles. The molecule has 0 aliphatic rings. The summed E-state index contributed by atoms with van der Waals surface area (Å²) < 4.78 is 5.06. The van der Waals surface area contributed by atoms with Crippen molar-refractivity contribution < 1.29 is 19.4 Å². The topological polar surface area (TPSA) is 75.6 Å². The Kier molecular flexibility index (Phi) is 4.72. The van der Waals surface area contributed by atoms with Gasteiger partial charge in [-0.25, -0.2) is 4.79 Å². The quantitative estimate of drug-likeness (QED) is 0.877. The normalized spacial score (nSPS) is 10.2.